The quantitative estimate of drug-likeness (QED) is 0.455. The Morgan fingerprint density at radius 3 is 2.76 bits per heavy atom. The molecule has 1 atom stereocenters. The summed E-state index contributed by atoms with van der Waals surface area (Å²) in [5.74, 6) is -0.0322. The van der Waals surface area contributed by atoms with Crippen LogP contribution in [0.5, 0.6) is 0 Å². The molecule has 2 rings (SSSR count). The summed E-state index contributed by atoms with van der Waals surface area (Å²) in [5.41, 5.74) is 1.65. The number of carbonyl (C=O) groups excluding carboxylic acids is 2. The number of benzene rings is 1. The number of methoxy groups -OCH3 is 1. The fourth-order valence-electron chi connectivity index (χ4n) is 1.63. The van der Waals surface area contributed by atoms with Crippen LogP contribution < -0.4 is 0 Å². The van der Waals surface area contributed by atoms with Gasteiger partial charge < -0.3 is 4.74 Å². The van der Waals surface area contributed by atoms with Gasteiger partial charge in [-0.25, -0.2) is 0 Å². The van der Waals surface area contributed by atoms with E-state index in [0.717, 1.165) is 5.56 Å². The summed E-state index contributed by atoms with van der Waals surface area (Å²) < 4.78 is 4.60. The number of hydrogen-bond acceptors (Lipinski definition) is 4. The van der Waals surface area contributed by atoms with Crippen molar-refractivity contribution in [3.63, 3.8) is 0 Å². The Hall–Kier alpha value is -1.55. The smallest absolute Gasteiger partial charge is 0.326 e. The van der Waals surface area contributed by atoms with E-state index in [9.17, 15) is 9.59 Å². The van der Waals surface area contributed by atoms with Gasteiger partial charge in [-0.2, -0.15) is 0 Å². The molecule has 1 aliphatic rings. The van der Waals surface area contributed by atoms with Crippen molar-refractivity contribution >= 4 is 29.6 Å². The maximum absolute atomic E-state index is 11.9. The molecular formula is C13H12O3S. The van der Waals surface area contributed by atoms with E-state index >= 15 is 0 Å². The summed E-state index contributed by atoms with van der Waals surface area (Å²) in [5, 5.41) is -0.685. The van der Waals surface area contributed by atoms with Gasteiger partial charge >= 0.3 is 5.97 Å². The van der Waals surface area contributed by atoms with E-state index < -0.39 is 11.2 Å². The van der Waals surface area contributed by atoms with Crippen molar-refractivity contribution in [2.75, 3.05) is 12.9 Å². The normalized spacial score (nSPS) is 21.8. The van der Waals surface area contributed by atoms with Gasteiger partial charge in [0.15, 0.2) is 11.0 Å². The number of thioether (sulfide) groups is 1. The lowest BCUT2D eigenvalue weighted by atomic mass is 10.1. The number of ether oxygens (including phenoxy) is 1. The second kappa shape index (κ2) is 5.19. The average molecular weight is 248 g/mol. The van der Waals surface area contributed by atoms with E-state index in [1.165, 1.54) is 18.9 Å². The fraction of sp³-hybridized carbons (Fsp3) is 0.231. The first-order chi connectivity index (χ1) is 8.22. The van der Waals surface area contributed by atoms with Crippen molar-refractivity contribution in [1.29, 1.82) is 0 Å². The zero-order chi connectivity index (χ0) is 12.3. The van der Waals surface area contributed by atoms with Gasteiger partial charge in [-0.05, 0) is 11.6 Å². The van der Waals surface area contributed by atoms with Crippen molar-refractivity contribution in [3.05, 3.63) is 41.5 Å². The van der Waals surface area contributed by atoms with Crippen molar-refractivity contribution in [2.24, 2.45) is 0 Å². The number of Topliss-reactive ketones (excluding diaryl/α,β-unsaturated/α-hetero) is 1. The Labute approximate surface area is 104 Å². The topological polar surface area (TPSA) is 43.4 Å². The second-order valence-corrected chi connectivity index (χ2v) is 4.75. The zero-order valence-electron chi connectivity index (χ0n) is 9.38. The standard InChI is InChI=1S/C13H12O3S/c1-16-13(15)12-11(14)10(8-17-12)7-9-5-3-2-4-6-9/h2-7,12H,8H2,1H3/b10-7+. The van der Waals surface area contributed by atoms with Crippen LogP contribution in [0, 0.1) is 0 Å². The molecule has 0 spiro atoms. The molecule has 4 heteroatoms. The highest BCUT2D eigenvalue weighted by molar-refractivity contribution is 8.02. The Morgan fingerprint density at radius 2 is 2.12 bits per heavy atom. The largest absolute Gasteiger partial charge is 0.468 e. The molecule has 1 aliphatic heterocycles. The molecule has 0 N–H and O–H groups in total. The maximum Gasteiger partial charge on any atom is 0.326 e. The summed E-state index contributed by atoms with van der Waals surface area (Å²) in [6.45, 7) is 0. The minimum Gasteiger partial charge on any atom is -0.468 e. The molecule has 17 heavy (non-hydrogen) atoms. The highest BCUT2D eigenvalue weighted by Crippen LogP contribution is 2.29. The lowest BCUT2D eigenvalue weighted by molar-refractivity contribution is -0.141. The molecule has 88 valence electrons. The number of ketones is 1. The summed E-state index contributed by atoms with van der Waals surface area (Å²) in [6.07, 6.45) is 1.83. The molecule has 0 aliphatic carbocycles. The third kappa shape index (κ3) is 2.58. The monoisotopic (exact) mass is 248 g/mol. The molecule has 3 nitrogen and oxygen atoms in total. The van der Waals surface area contributed by atoms with Gasteiger partial charge in [0.1, 0.15) is 0 Å². The molecule has 0 aromatic heterocycles. The minimum absolute atomic E-state index is 0.134. The van der Waals surface area contributed by atoms with Gasteiger partial charge in [0.05, 0.1) is 7.11 Å². The van der Waals surface area contributed by atoms with Crippen LogP contribution in [0.4, 0.5) is 0 Å². The zero-order valence-corrected chi connectivity index (χ0v) is 10.2. The predicted octanol–water partition coefficient (Wildman–Crippen LogP) is 1.93. The third-order valence-corrected chi connectivity index (χ3v) is 3.73. The van der Waals surface area contributed by atoms with Crippen LogP contribution in [-0.2, 0) is 14.3 Å². The first-order valence-electron chi connectivity index (χ1n) is 5.21. The van der Waals surface area contributed by atoms with Crippen molar-refractivity contribution < 1.29 is 14.3 Å². The Kier molecular flexibility index (Phi) is 3.64. The van der Waals surface area contributed by atoms with Crippen LogP contribution in [0.3, 0.4) is 0 Å². The minimum atomic E-state index is -0.685. The third-order valence-electron chi connectivity index (χ3n) is 2.52. The second-order valence-electron chi connectivity index (χ2n) is 3.66. The molecular weight excluding hydrogens is 236 g/mol. The first kappa shape index (κ1) is 11.9. The van der Waals surface area contributed by atoms with Crippen LogP contribution >= 0.6 is 11.8 Å². The van der Waals surface area contributed by atoms with E-state index in [1.54, 1.807) is 0 Å². The molecule has 0 bridgehead atoms. The lowest BCUT2D eigenvalue weighted by Gasteiger charge is -2.02. The summed E-state index contributed by atoms with van der Waals surface area (Å²) in [6, 6.07) is 9.60. The Morgan fingerprint density at radius 1 is 1.41 bits per heavy atom. The number of hydrogen-bond donors (Lipinski definition) is 0. The van der Waals surface area contributed by atoms with Gasteiger partial charge in [0.2, 0.25) is 0 Å². The Bertz CT molecular complexity index is 465. The Balaban J connectivity index is 2.18. The van der Waals surface area contributed by atoms with Crippen LogP contribution in [0.15, 0.2) is 35.9 Å². The van der Waals surface area contributed by atoms with E-state index in [2.05, 4.69) is 4.74 Å². The van der Waals surface area contributed by atoms with E-state index in [0.29, 0.717) is 11.3 Å². The molecule has 1 saturated heterocycles. The van der Waals surface area contributed by atoms with Crippen molar-refractivity contribution in [2.45, 2.75) is 5.25 Å². The lowest BCUT2D eigenvalue weighted by Crippen LogP contribution is -2.24. The van der Waals surface area contributed by atoms with Crippen molar-refractivity contribution in [3.8, 4) is 0 Å². The van der Waals surface area contributed by atoms with E-state index in [1.807, 2.05) is 36.4 Å². The fourth-order valence-corrected chi connectivity index (χ4v) is 2.74. The van der Waals surface area contributed by atoms with Crippen LogP contribution in [0.1, 0.15) is 5.56 Å². The number of esters is 1. The van der Waals surface area contributed by atoms with Gasteiger partial charge in [0, 0.05) is 11.3 Å². The van der Waals surface area contributed by atoms with E-state index in [-0.39, 0.29) is 5.78 Å². The van der Waals surface area contributed by atoms with Gasteiger partial charge in [-0.3, -0.25) is 9.59 Å². The van der Waals surface area contributed by atoms with Gasteiger partial charge in [-0.1, -0.05) is 30.3 Å². The average Bonchev–Trinajstić information content (AvgIpc) is 2.72. The van der Waals surface area contributed by atoms with Crippen molar-refractivity contribution in [1.82, 2.24) is 0 Å². The molecule has 0 saturated carbocycles. The summed E-state index contributed by atoms with van der Waals surface area (Å²) >= 11 is 1.32. The molecule has 0 radical (unpaired) electrons. The first-order valence-corrected chi connectivity index (χ1v) is 6.26. The molecule has 1 aromatic rings. The number of rotatable bonds is 2. The van der Waals surface area contributed by atoms with Gasteiger partial charge in [-0.15, -0.1) is 11.8 Å². The highest BCUT2D eigenvalue weighted by Gasteiger charge is 2.36. The summed E-state index contributed by atoms with van der Waals surface area (Å²) in [7, 11) is 1.30. The molecule has 1 fully saturated rings. The molecule has 1 heterocycles. The maximum atomic E-state index is 11.9. The number of carbonyl (C=O) groups is 2. The van der Waals surface area contributed by atoms with Crippen LogP contribution in [0.2, 0.25) is 0 Å². The summed E-state index contributed by atoms with van der Waals surface area (Å²) in [4.78, 5) is 23.3. The molecule has 0 amide bonds. The van der Waals surface area contributed by atoms with E-state index in [4.69, 9.17) is 0 Å². The highest BCUT2D eigenvalue weighted by atomic mass is 32.2. The molecule has 1 aromatic carbocycles. The SMILES string of the molecule is COC(=O)C1SC/C(=C\c2ccccc2)C1=O. The molecule has 1 unspecified atom stereocenters. The van der Waals surface area contributed by atoms with Crippen LogP contribution in [-0.4, -0.2) is 29.9 Å². The predicted molar refractivity (Wildman–Crippen MR) is 67.7 cm³/mol. The van der Waals surface area contributed by atoms with Crippen LogP contribution in [0.25, 0.3) is 6.08 Å². The van der Waals surface area contributed by atoms with Gasteiger partial charge in [0.25, 0.3) is 0 Å².